The van der Waals surface area contributed by atoms with Crippen LogP contribution in [0.3, 0.4) is 0 Å². The maximum absolute atomic E-state index is 13.8. The van der Waals surface area contributed by atoms with Gasteiger partial charge >= 0.3 is 0 Å². The molecular weight excluding hydrogens is 425 g/mol. The predicted octanol–water partition coefficient (Wildman–Crippen LogP) is 1.92. The van der Waals surface area contributed by atoms with Crippen molar-refractivity contribution >= 4 is 17.7 Å². The molecule has 1 aliphatic carbocycles. The van der Waals surface area contributed by atoms with E-state index in [0.717, 1.165) is 31.7 Å². The van der Waals surface area contributed by atoms with Gasteiger partial charge in [-0.2, -0.15) is 0 Å². The number of aromatic nitrogens is 1. The lowest BCUT2D eigenvalue weighted by Crippen LogP contribution is -2.64. The van der Waals surface area contributed by atoms with Crippen molar-refractivity contribution in [3.63, 3.8) is 0 Å². The van der Waals surface area contributed by atoms with Crippen molar-refractivity contribution in [3.05, 3.63) is 65.7 Å². The third-order valence-corrected chi connectivity index (χ3v) is 6.24. The maximum atomic E-state index is 13.8. The van der Waals surface area contributed by atoms with Crippen LogP contribution in [0, 0.1) is 5.82 Å². The van der Waals surface area contributed by atoms with Crippen LogP contribution in [0.4, 0.5) is 4.39 Å². The van der Waals surface area contributed by atoms with Crippen LogP contribution >= 0.6 is 0 Å². The molecular formula is C24H28FN5O3. The summed E-state index contributed by atoms with van der Waals surface area (Å²) in [4.78, 5) is 46.9. The molecule has 1 saturated heterocycles. The van der Waals surface area contributed by atoms with Crippen LogP contribution in [-0.4, -0.2) is 63.8 Å². The Balaban J connectivity index is 1.63. The SMILES string of the molecule is NC1CCC(NC(=O)C2N(C(=O)c3cccnc3)CCCN2C(=O)c2cccc(F)c2)CC1. The summed E-state index contributed by atoms with van der Waals surface area (Å²) in [6.07, 6.45) is 5.45. The molecule has 9 heteroatoms. The van der Waals surface area contributed by atoms with E-state index < -0.39 is 23.8 Å². The van der Waals surface area contributed by atoms with Crippen molar-refractivity contribution in [1.82, 2.24) is 20.1 Å². The first kappa shape index (κ1) is 22.8. The second-order valence-corrected chi connectivity index (χ2v) is 8.60. The first-order chi connectivity index (χ1) is 15.9. The minimum Gasteiger partial charge on any atom is -0.350 e. The number of carbonyl (C=O) groups excluding carboxylic acids is 3. The first-order valence-corrected chi connectivity index (χ1v) is 11.3. The van der Waals surface area contributed by atoms with Gasteiger partial charge in [0.2, 0.25) is 0 Å². The molecule has 8 nitrogen and oxygen atoms in total. The summed E-state index contributed by atoms with van der Waals surface area (Å²) >= 11 is 0. The van der Waals surface area contributed by atoms with E-state index in [-0.39, 0.29) is 30.1 Å². The maximum Gasteiger partial charge on any atom is 0.264 e. The molecule has 1 saturated carbocycles. The molecule has 33 heavy (non-hydrogen) atoms. The Labute approximate surface area is 192 Å². The molecule has 4 rings (SSSR count). The molecule has 1 atom stereocenters. The average Bonchev–Trinajstić information content (AvgIpc) is 2.84. The number of amides is 3. The van der Waals surface area contributed by atoms with Gasteiger partial charge in [-0.25, -0.2) is 4.39 Å². The van der Waals surface area contributed by atoms with Gasteiger partial charge in [0.05, 0.1) is 5.56 Å². The minimum atomic E-state index is -1.14. The Morgan fingerprint density at radius 1 is 0.970 bits per heavy atom. The Morgan fingerprint density at radius 3 is 2.27 bits per heavy atom. The van der Waals surface area contributed by atoms with E-state index in [1.807, 2.05) is 0 Å². The minimum absolute atomic E-state index is 0.0688. The van der Waals surface area contributed by atoms with E-state index >= 15 is 0 Å². The fourth-order valence-corrected chi connectivity index (χ4v) is 4.51. The number of nitrogens with zero attached hydrogens (tertiary/aromatic N) is 3. The van der Waals surface area contributed by atoms with Gasteiger partial charge in [-0.15, -0.1) is 0 Å². The van der Waals surface area contributed by atoms with Gasteiger partial charge in [0, 0.05) is 43.1 Å². The van der Waals surface area contributed by atoms with E-state index in [9.17, 15) is 18.8 Å². The summed E-state index contributed by atoms with van der Waals surface area (Å²) in [5, 5.41) is 3.02. The monoisotopic (exact) mass is 453 g/mol. The highest BCUT2D eigenvalue weighted by molar-refractivity contribution is 6.01. The molecule has 0 radical (unpaired) electrons. The van der Waals surface area contributed by atoms with Gasteiger partial charge in [-0.05, 0) is 62.4 Å². The molecule has 0 spiro atoms. The number of halogens is 1. The zero-order valence-corrected chi connectivity index (χ0v) is 18.3. The van der Waals surface area contributed by atoms with Crippen molar-refractivity contribution in [2.45, 2.75) is 50.4 Å². The Kier molecular flexibility index (Phi) is 6.98. The zero-order chi connectivity index (χ0) is 23.4. The summed E-state index contributed by atoms with van der Waals surface area (Å²) in [5.74, 6) is -1.84. The quantitative estimate of drug-likeness (QED) is 0.735. The number of nitrogens with one attached hydrogen (secondary N) is 1. The average molecular weight is 454 g/mol. The van der Waals surface area contributed by atoms with Crippen LogP contribution in [0.5, 0.6) is 0 Å². The molecule has 174 valence electrons. The number of rotatable bonds is 4. The van der Waals surface area contributed by atoms with E-state index in [4.69, 9.17) is 5.73 Å². The molecule has 2 heterocycles. The molecule has 0 bridgehead atoms. The largest absolute Gasteiger partial charge is 0.350 e. The fourth-order valence-electron chi connectivity index (χ4n) is 4.51. The van der Waals surface area contributed by atoms with Crippen molar-refractivity contribution < 1.29 is 18.8 Å². The molecule has 3 amide bonds. The van der Waals surface area contributed by atoms with Crippen molar-refractivity contribution in [2.75, 3.05) is 13.1 Å². The highest BCUT2D eigenvalue weighted by atomic mass is 19.1. The standard InChI is InChI=1S/C24H28FN5O3/c25-18-6-1-4-16(14-18)23(32)29-12-3-13-30(24(33)17-5-2-11-27-15-17)22(29)21(31)28-20-9-7-19(26)8-10-20/h1-2,4-6,11,14-15,19-20,22H,3,7-10,12-13,26H2,(H,28,31). The number of carbonyl (C=O) groups is 3. The molecule has 1 aliphatic heterocycles. The molecule has 3 N–H and O–H groups in total. The normalized spacial score (nSPS) is 23.2. The lowest BCUT2D eigenvalue weighted by Gasteiger charge is -2.43. The van der Waals surface area contributed by atoms with Gasteiger partial charge in [-0.1, -0.05) is 6.07 Å². The van der Waals surface area contributed by atoms with Crippen molar-refractivity contribution in [2.24, 2.45) is 5.73 Å². The van der Waals surface area contributed by atoms with E-state index in [1.54, 1.807) is 18.3 Å². The van der Waals surface area contributed by atoms with Crippen LogP contribution in [0.15, 0.2) is 48.8 Å². The topological polar surface area (TPSA) is 109 Å². The van der Waals surface area contributed by atoms with Gasteiger partial charge in [-0.3, -0.25) is 19.4 Å². The fraction of sp³-hybridized carbons (Fsp3) is 0.417. The smallest absolute Gasteiger partial charge is 0.264 e. The Hall–Kier alpha value is -3.33. The van der Waals surface area contributed by atoms with E-state index in [1.165, 1.54) is 34.2 Å². The summed E-state index contributed by atoms with van der Waals surface area (Å²) in [6.45, 7) is 0.591. The highest BCUT2D eigenvalue weighted by Gasteiger charge is 2.41. The van der Waals surface area contributed by atoms with Crippen LogP contribution in [-0.2, 0) is 4.79 Å². The second kappa shape index (κ2) is 10.1. The third kappa shape index (κ3) is 5.19. The predicted molar refractivity (Wildman–Crippen MR) is 119 cm³/mol. The number of hydrogen-bond acceptors (Lipinski definition) is 5. The van der Waals surface area contributed by atoms with E-state index in [2.05, 4.69) is 10.3 Å². The molecule has 1 aromatic heterocycles. The van der Waals surface area contributed by atoms with Crippen LogP contribution in [0.25, 0.3) is 0 Å². The Bertz CT molecular complexity index is 1010. The number of pyridine rings is 1. The van der Waals surface area contributed by atoms with Gasteiger partial charge < -0.3 is 20.9 Å². The van der Waals surface area contributed by atoms with Gasteiger partial charge in [0.25, 0.3) is 17.7 Å². The van der Waals surface area contributed by atoms with Crippen LogP contribution in [0.2, 0.25) is 0 Å². The van der Waals surface area contributed by atoms with Crippen LogP contribution in [0.1, 0.15) is 52.8 Å². The number of benzene rings is 1. The van der Waals surface area contributed by atoms with Crippen molar-refractivity contribution in [1.29, 1.82) is 0 Å². The molecule has 1 unspecified atom stereocenters. The third-order valence-electron chi connectivity index (χ3n) is 6.24. The molecule has 2 fully saturated rings. The summed E-state index contributed by atoms with van der Waals surface area (Å²) < 4.78 is 13.8. The highest BCUT2D eigenvalue weighted by Crippen LogP contribution is 2.23. The number of hydrogen-bond donors (Lipinski definition) is 2. The van der Waals surface area contributed by atoms with E-state index in [0.29, 0.717) is 18.5 Å². The van der Waals surface area contributed by atoms with Crippen molar-refractivity contribution in [3.8, 4) is 0 Å². The summed E-state index contributed by atoms with van der Waals surface area (Å²) in [5.41, 5.74) is 6.44. The molecule has 1 aromatic carbocycles. The Morgan fingerprint density at radius 2 is 1.64 bits per heavy atom. The molecule has 2 aliphatic rings. The molecule has 2 aromatic rings. The summed E-state index contributed by atoms with van der Waals surface area (Å²) in [7, 11) is 0. The van der Waals surface area contributed by atoms with Gasteiger partial charge in [0.1, 0.15) is 5.82 Å². The second-order valence-electron chi connectivity index (χ2n) is 8.60. The van der Waals surface area contributed by atoms with Crippen LogP contribution < -0.4 is 11.1 Å². The first-order valence-electron chi connectivity index (χ1n) is 11.3. The number of nitrogens with two attached hydrogens (primary N) is 1. The lowest BCUT2D eigenvalue weighted by molar-refractivity contribution is -0.133. The zero-order valence-electron chi connectivity index (χ0n) is 18.3. The van der Waals surface area contributed by atoms with Gasteiger partial charge in [0.15, 0.2) is 6.17 Å². The lowest BCUT2D eigenvalue weighted by atomic mass is 9.91. The summed E-state index contributed by atoms with van der Waals surface area (Å²) in [6, 6.07) is 8.68.